The van der Waals surface area contributed by atoms with E-state index in [4.69, 9.17) is 14.5 Å². The number of fused-ring (bicyclic) bond motifs is 21. The van der Waals surface area contributed by atoms with Crippen molar-refractivity contribution in [1.82, 2.24) is 13.7 Å². The number of unbranched alkanes of at least 4 members (excludes halogenated alkanes) is 18. The van der Waals surface area contributed by atoms with Crippen molar-refractivity contribution < 1.29 is 43.3 Å². The molecule has 19 rings (SSSR count). The van der Waals surface area contributed by atoms with Gasteiger partial charge in [-0.1, -0.05) is 320 Å². The molecule has 0 N–H and O–H groups in total. The molecule has 150 heavy (non-hydrogen) atoms. The first-order chi connectivity index (χ1) is 72.9. The van der Waals surface area contributed by atoms with Gasteiger partial charge in [0.05, 0.1) is 50.2 Å². The molecule has 0 saturated heterocycles. The van der Waals surface area contributed by atoms with Crippen LogP contribution in [-0.2, 0) is 45.1 Å². The van der Waals surface area contributed by atoms with E-state index in [1.54, 1.807) is 0 Å². The predicted octanol–water partition coefficient (Wildman–Crippen LogP) is 35.1. The van der Waals surface area contributed by atoms with E-state index in [0.717, 1.165) is 308 Å². The Morgan fingerprint density at radius 2 is 0.460 bits per heavy atom. The number of rotatable bonds is 45. The van der Waals surface area contributed by atoms with Crippen molar-refractivity contribution in [2.45, 2.75) is 313 Å². The van der Waals surface area contributed by atoms with Crippen LogP contribution in [-0.4, -0.2) is 66.1 Å². The zero-order valence-electron chi connectivity index (χ0n) is 90.6. The van der Waals surface area contributed by atoms with Crippen molar-refractivity contribution in [3.8, 4) is 50.4 Å². The third-order valence-corrected chi connectivity index (χ3v) is 33.3. The van der Waals surface area contributed by atoms with Gasteiger partial charge < -0.3 is 28.2 Å². The monoisotopic (exact) mass is 1990 g/mol. The molecule has 3 aliphatic carbocycles. The maximum absolute atomic E-state index is 15.2. The van der Waals surface area contributed by atoms with Crippen LogP contribution in [0.25, 0.3) is 116 Å². The third kappa shape index (κ3) is 19.4. The van der Waals surface area contributed by atoms with E-state index in [2.05, 4.69) is 216 Å². The van der Waals surface area contributed by atoms with Crippen molar-refractivity contribution >= 4 is 118 Å². The van der Waals surface area contributed by atoms with Gasteiger partial charge in [0.2, 0.25) is 0 Å². The Balaban J connectivity index is 0.968. The SMILES string of the molecule is CCCCCCC1(CCCCCC)c2cc(-n3c4ccc(C(=O)c5ccccc5C)cc4c4cc(/C(C)=N\OC(C)=O)ccc43)ccc2-c2c1c1c(c3c2C(CCCCCC)(CCCCCC)c2cc(-n4c5ccc(C(=O)c6ccccc6C)cc5c5cc(/C(C)=N/OC(C)=O)ccc54)ccc2-3)C(CCCCCC)(CCCCCC)c2cc(-n3c4ccc(C(=O)c5ccccc5C)cc4c4cc(/C(C)=N/OC(C)=O)ccc43)ccc2-1. The number of ketones is 3. The minimum Gasteiger partial charge on any atom is -0.318 e. The Labute approximate surface area is 884 Å². The zero-order valence-corrected chi connectivity index (χ0v) is 90.6. The molecule has 16 aromatic rings. The fourth-order valence-corrected chi connectivity index (χ4v) is 25.8. The molecule has 3 heterocycles. The van der Waals surface area contributed by atoms with Crippen LogP contribution in [0.15, 0.2) is 252 Å². The molecule has 3 aliphatic rings. The van der Waals surface area contributed by atoms with Crippen LogP contribution in [0.5, 0.6) is 0 Å². The van der Waals surface area contributed by atoms with Crippen LogP contribution in [0.1, 0.15) is 390 Å². The van der Waals surface area contributed by atoms with Gasteiger partial charge in [0, 0.05) is 120 Å². The highest BCUT2D eigenvalue weighted by Gasteiger charge is 2.58. The number of carbonyl (C=O) groups is 6. The maximum atomic E-state index is 15.2. The lowest BCUT2D eigenvalue weighted by atomic mass is 9.63. The zero-order chi connectivity index (χ0) is 105. The highest BCUT2D eigenvalue weighted by Crippen LogP contribution is 2.72. The molecular formula is C135H144N6O9. The summed E-state index contributed by atoms with van der Waals surface area (Å²) < 4.78 is 7.40. The number of hydrogen-bond donors (Lipinski definition) is 0. The van der Waals surface area contributed by atoms with Crippen molar-refractivity contribution in [3.05, 3.63) is 337 Å². The Kier molecular flexibility index (Phi) is 31.2. The Morgan fingerprint density at radius 1 is 0.247 bits per heavy atom. The Bertz CT molecular complexity index is 7290. The molecule has 0 bridgehead atoms. The maximum Gasteiger partial charge on any atom is 0.331 e. The van der Waals surface area contributed by atoms with Crippen LogP contribution < -0.4 is 0 Å². The van der Waals surface area contributed by atoms with Crippen molar-refractivity contribution in [2.75, 3.05) is 0 Å². The predicted molar refractivity (Wildman–Crippen MR) is 616 cm³/mol. The first-order valence-electron chi connectivity index (χ1n) is 55.8. The van der Waals surface area contributed by atoms with Gasteiger partial charge in [-0.25, -0.2) is 14.4 Å². The van der Waals surface area contributed by atoms with Crippen molar-refractivity contribution in [1.29, 1.82) is 0 Å². The molecule has 0 unspecified atom stereocenters. The summed E-state index contributed by atoms with van der Waals surface area (Å²) in [6, 6.07) is 84.9. The van der Waals surface area contributed by atoms with E-state index in [1.165, 1.54) is 87.5 Å². The molecule has 0 saturated carbocycles. The molecule has 0 amide bonds. The quantitative estimate of drug-likeness (QED) is 0.0118. The lowest BCUT2D eigenvalue weighted by Gasteiger charge is -2.40. The van der Waals surface area contributed by atoms with Gasteiger partial charge in [-0.15, -0.1) is 0 Å². The van der Waals surface area contributed by atoms with Crippen LogP contribution in [0, 0.1) is 20.8 Å². The molecule has 13 aromatic carbocycles. The molecule has 0 radical (unpaired) electrons. The number of oxime groups is 3. The fraction of sp³-hybridized carbons (Fsp3) is 0.356. The van der Waals surface area contributed by atoms with Gasteiger partial charge in [0.15, 0.2) is 17.3 Å². The number of aromatic nitrogens is 3. The summed E-state index contributed by atoms with van der Waals surface area (Å²) in [6.07, 6.45) is 31.2. The van der Waals surface area contributed by atoms with Gasteiger partial charge in [-0.2, -0.15) is 0 Å². The third-order valence-electron chi connectivity index (χ3n) is 33.3. The molecule has 3 aromatic heterocycles. The average molecular weight is 1990 g/mol. The second-order valence-electron chi connectivity index (χ2n) is 43.2. The van der Waals surface area contributed by atoms with Gasteiger partial charge >= 0.3 is 17.9 Å². The normalized spacial score (nSPS) is 13.7. The van der Waals surface area contributed by atoms with Gasteiger partial charge in [0.1, 0.15) is 0 Å². The first-order valence-corrected chi connectivity index (χ1v) is 55.8. The second-order valence-corrected chi connectivity index (χ2v) is 43.2. The Hall–Kier alpha value is -14.3. The van der Waals surface area contributed by atoms with Gasteiger partial charge in [-0.05, 0) is 308 Å². The molecular weight excluding hydrogens is 1850 g/mol. The summed E-state index contributed by atoms with van der Waals surface area (Å²) in [5.74, 6) is -1.66. The number of nitrogens with zero attached hydrogens (tertiary/aromatic N) is 6. The van der Waals surface area contributed by atoms with Crippen molar-refractivity contribution in [3.63, 3.8) is 0 Å². The summed E-state index contributed by atoms with van der Waals surface area (Å²) in [6.45, 7) is 29.8. The van der Waals surface area contributed by atoms with E-state index in [9.17, 15) is 14.4 Å². The molecule has 0 fully saturated rings. The Morgan fingerprint density at radius 3 is 0.673 bits per heavy atom. The van der Waals surface area contributed by atoms with Crippen LogP contribution >= 0.6 is 0 Å². The highest BCUT2D eigenvalue weighted by molar-refractivity contribution is 6.21. The lowest BCUT2D eigenvalue weighted by molar-refractivity contribution is -0.141. The summed E-state index contributed by atoms with van der Waals surface area (Å²) in [4.78, 5) is 99.4. The molecule has 768 valence electrons. The topological polar surface area (TPSA) is 182 Å². The molecule has 15 nitrogen and oxygen atoms in total. The van der Waals surface area contributed by atoms with E-state index in [1.807, 2.05) is 133 Å². The van der Waals surface area contributed by atoms with E-state index < -0.39 is 34.2 Å². The van der Waals surface area contributed by atoms with E-state index >= 15 is 14.4 Å². The number of hydrogen-bond acceptors (Lipinski definition) is 12. The minimum absolute atomic E-state index is 0.0489. The van der Waals surface area contributed by atoms with E-state index in [-0.39, 0.29) is 17.3 Å². The smallest absolute Gasteiger partial charge is 0.318 e. The highest BCUT2D eigenvalue weighted by atomic mass is 16.7. The van der Waals surface area contributed by atoms with Gasteiger partial charge in [0.25, 0.3) is 0 Å². The largest absolute Gasteiger partial charge is 0.331 e. The first kappa shape index (κ1) is 104. The van der Waals surface area contributed by atoms with Crippen LogP contribution in [0.2, 0.25) is 0 Å². The molecule has 0 spiro atoms. The van der Waals surface area contributed by atoms with Crippen molar-refractivity contribution in [2.24, 2.45) is 15.5 Å². The van der Waals surface area contributed by atoms with E-state index in [0.29, 0.717) is 50.5 Å². The minimum atomic E-state index is -0.575. The number of benzene rings is 13. The fourth-order valence-electron chi connectivity index (χ4n) is 25.8. The molecule has 15 heteroatoms. The second kappa shape index (κ2) is 44.8. The summed E-state index contributed by atoms with van der Waals surface area (Å²) in [5.41, 5.74) is 34.5. The molecule has 0 aliphatic heterocycles. The molecule has 0 atom stereocenters. The van der Waals surface area contributed by atoms with Crippen LogP contribution in [0.3, 0.4) is 0 Å². The lowest BCUT2D eigenvalue weighted by Crippen LogP contribution is -2.31. The van der Waals surface area contributed by atoms with Crippen LogP contribution in [0.4, 0.5) is 0 Å². The average Bonchev–Trinajstić information content (AvgIpc) is 1.47. The summed E-state index contributed by atoms with van der Waals surface area (Å²) in [5, 5.41) is 18.7. The number of carbonyl (C=O) groups excluding carboxylic acids is 6. The summed E-state index contributed by atoms with van der Waals surface area (Å²) >= 11 is 0. The standard InChI is InChI=1S/C135H144N6O9/c1-16-22-28-40-70-133(71-41-29-23-17-2)115-82-100(139-118-64-52-94(88(10)136-148-91(13)142)76-109(118)112-79-97(55-67-121(112)139)130(145)103-49-37-34-46-85(103)7)58-61-106(115)124-127(133)125-107-62-59-101(140-119-65-53-95(89(11)137-149-92(14)143)77-110(119)113-80-98(56-68-122(113)140)131(146)104-50-38-35-47-86(104)8)83-116(107)134(72-42-30-24-18-3,73-43-31-25-19-4)129(125)126-108-63-60-102(84-117(108)135(128(124)126,74-44-32-26-20-5)75-45-33-27-21-6)141-120-66-54-96(90(12)138-150-93(15)144)78-111(120)114-81-99(57-69-123(114)141)132(147)105-51-39-36-48-87(105)9/h34-39,46-69,76-84H,16-33,40-45,70-75H2,1-15H3/b136-88-,137-89+,138-90+. The number of aryl methyl sites for hydroxylation is 3. The summed E-state index contributed by atoms with van der Waals surface area (Å²) in [7, 11) is 0. The van der Waals surface area contributed by atoms with Gasteiger partial charge in [-0.3, -0.25) is 14.4 Å².